The molecule has 0 saturated heterocycles. The SMILES string of the molecule is CCC(CNC(=O)C(F)(F)F)(C(=O)O)c1ccccc1. The molecular formula is C13H14F3NO3. The highest BCUT2D eigenvalue weighted by Gasteiger charge is 2.43. The van der Waals surface area contributed by atoms with Crippen LogP contribution in [0.2, 0.25) is 0 Å². The molecule has 0 spiro atoms. The fourth-order valence-corrected chi connectivity index (χ4v) is 1.87. The lowest BCUT2D eigenvalue weighted by Gasteiger charge is -2.29. The molecule has 0 aliphatic rings. The topological polar surface area (TPSA) is 66.4 Å². The first-order valence-corrected chi connectivity index (χ1v) is 5.88. The van der Waals surface area contributed by atoms with Gasteiger partial charge in [-0.3, -0.25) is 9.59 Å². The van der Waals surface area contributed by atoms with E-state index in [1.54, 1.807) is 30.4 Å². The summed E-state index contributed by atoms with van der Waals surface area (Å²) in [7, 11) is 0. The van der Waals surface area contributed by atoms with Gasteiger partial charge in [-0.15, -0.1) is 0 Å². The van der Waals surface area contributed by atoms with Gasteiger partial charge in [0.25, 0.3) is 0 Å². The van der Waals surface area contributed by atoms with Gasteiger partial charge in [0.15, 0.2) is 0 Å². The van der Waals surface area contributed by atoms with Crippen LogP contribution in [-0.2, 0) is 15.0 Å². The third kappa shape index (κ3) is 3.28. The molecule has 1 amide bonds. The predicted octanol–water partition coefficient (Wildman–Crippen LogP) is 2.10. The van der Waals surface area contributed by atoms with Gasteiger partial charge in [-0.25, -0.2) is 0 Å². The molecule has 0 aliphatic heterocycles. The average molecular weight is 289 g/mol. The minimum Gasteiger partial charge on any atom is -0.481 e. The zero-order chi connectivity index (χ0) is 15.4. The Morgan fingerprint density at radius 3 is 2.15 bits per heavy atom. The van der Waals surface area contributed by atoms with Crippen LogP contribution >= 0.6 is 0 Å². The number of carboxylic acids is 1. The monoisotopic (exact) mass is 289 g/mol. The van der Waals surface area contributed by atoms with Gasteiger partial charge < -0.3 is 10.4 Å². The summed E-state index contributed by atoms with van der Waals surface area (Å²) < 4.78 is 36.5. The Morgan fingerprint density at radius 1 is 1.20 bits per heavy atom. The highest BCUT2D eigenvalue weighted by Crippen LogP contribution is 2.28. The number of nitrogens with one attached hydrogen (secondary N) is 1. The molecule has 0 heterocycles. The van der Waals surface area contributed by atoms with Crippen LogP contribution in [0.5, 0.6) is 0 Å². The molecule has 0 aliphatic carbocycles. The van der Waals surface area contributed by atoms with Gasteiger partial charge in [0.1, 0.15) is 5.41 Å². The molecular weight excluding hydrogens is 275 g/mol. The maximum absolute atomic E-state index is 12.2. The number of aliphatic carboxylic acids is 1. The summed E-state index contributed by atoms with van der Waals surface area (Å²) in [6, 6.07) is 7.87. The molecule has 110 valence electrons. The summed E-state index contributed by atoms with van der Waals surface area (Å²) in [5.41, 5.74) is -1.24. The highest BCUT2D eigenvalue weighted by atomic mass is 19.4. The van der Waals surface area contributed by atoms with Gasteiger partial charge in [-0.1, -0.05) is 37.3 Å². The molecule has 0 fully saturated rings. The van der Waals surface area contributed by atoms with Gasteiger partial charge in [0, 0.05) is 6.54 Å². The summed E-state index contributed by atoms with van der Waals surface area (Å²) >= 11 is 0. The molecule has 1 aromatic carbocycles. The second-order valence-corrected chi connectivity index (χ2v) is 4.29. The normalized spacial score (nSPS) is 14.4. The fraction of sp³-hybridized carbons (Fsp3) is 0.385. The molecule has 1 unspecified atom stereocenters. The van der Waals surface area contributed by atoms with Crippen LogP contribution < -0.4 is 5.32 Å². The standard InChI is InChI=1S/C13H14F3NO3/c1-2-12(11(19)20,9-6-4-3-5-7-9)8-17-10(18)13(14,15)16/h3-7H,2,8H2,1H3,(H,17,18)(H,19,20). The van der Waals surface area contributed by atoms with Crippen LogP contribution in [0.25, 0.3) is 0 Å². The number of alkyl halides is 3. The van der Waals surface area contributed by atoms with Crippen molar-refractivity contribution in [2.24, 2.45) is 0 Å². The molecule has 20 heavy (non-hydrogen) atoms. The summed E-state index contributed by atoms with van der Waals surface area (Å²) in [4.78, 5) is 22.3. The van der Waals surface area contributed by atoms with Crippen molar-refractivity contribution < 1.29 is 27.9 Å². The third-order valence-corrected chi connectivity index (χ3v) is 3.15. The smallest absolute Gasteiger partial charge is 0.471 e. The van der Waals surface area contributed by atoms with Crippen molar-refractivity contribution in [1.29, 1.82) is 0 Å². The number of carbonyl (C=O) groups excluding carboxylic acids is 1. The molecule has 1 aromatic rings. The Hall–Kier alpha value is -2.05. The summed E-state index contributed by atoms with van der Waals surface area (Å²) in [5.74, 6) is -3.43. The maximum Gasteiger partial charge on any atom is 0.471 e. The van der Waals surface area contributed by atoms with E-state index < -0.39 is 30.0 Å². The molecule has 0 bridgehead atoms. The molecule has 7 heteroatoms. The first kappa shape index (κ1) is 16.0. The van der Waals surface area contributed by atoms with Crippen LogP contribution in [0, 0.1) is 0 Å². The van der Waals surface area contributed by atoms with Crippen molar-refractivity contribution in [1.82, 2.24) is 5.32 Å². The first-order valence-electron chi connectivity index (χ1n) is 5.88. The van der Waals surface area contributed by atoms with E-state index in [1.165, 1.54) is 12.1 Å². The largest absolute Gasteiger partial charge is 0.481 e. The number of hydrogen-bond acceptors (Lipinski definition) is 2. The first-order chi connectivity index (χ1) is 9.24. The van der Waals surface area contributed by atoms with Crippen molar-refractivity contribution in [3.63, 3.8) is 0 Å². The van der Waals surface area contributed by atoms with Gasteiger partial charge in [-0.2, -0.15) is 13.2 Å². The van der Waals surface area contributed by atoms with E-state index in [0.717, 1.165) is 0 Å². The maximum atomic E-state index is 12.2. The van der Waals surface area contributed by atoms with Crippen molar-refractivity contribution in [3.8, 4) is 0 Å². The lowest BCUT2D eigenvalue weighted by Crippen LogP contribution is -2.49. The van der Waals surface area contributed by atoms with Gasteiger partial charge in [0.2, 0.25) is 0 Å². The zero-order valence-electron chi connectivity index (χ0n) is 10.7. The Bertz CT molecular complexity index is 487. The van der Waals surface area contributed by atoms with Gasteiger partial charge >= 0.3 is 18.1 Å². The number of carboxylic acid groups (broad SMARTS) is 1. The van der Waals surface area contributed by atoms with Crippen molar-refractivity contribution in [2.75, 3.05) is 6.54 Å². The Morgan fingerprint density at radius 2 is 1.75 bits per heavy atom. The molecule has 0 radical (unpaired) electrons. The minimum absolute atomic E-state index is 0.0461. The minimum atomic E-state index is -5.03. The number of hydrogen-bond donors (Lipinski definition) is 2. The van der Waals surface area contributed by atoms with Crippen molar-refractivity contribution in [3.05, 3.63) is 35.9 Å². The molecule has 0 aromatic heterocycles. The van der Waals surface area contributed by atoms with E-state index >= 15 is 0 Å². The van der Waals surface area contributed by atoms with E-state index in [1.807, 2.05) is 0 Å². The number of benzene rings is 1. The summed E-state index contributed by atoms with van der Waals surface area (Å²) in [6.07, 6.45) is -4.99. The summed E-state index contributed by atoms with van der Waals surface area (Å²) in [6.45, 7) is 0.919. The summed E-state index contributed by atoms with van der Waals surface area (Å²) in [5, 5.41) is 11.0. The van der Waals surface area contributed by atoms with Crippen LogP contribution in [0.4, 0.5) is 13.2 Å². The number of rotatable bonds is 5. The second kappa shape index (κ2) is 5.94. The van der Waals surface area contributed by atoms with Gasteiger partial charge in [0.05, 0.1) is 0 Å². The van der Waals surface area contributed by atoms with E-state index in [9.17, 15) is 27.9 Å². The fourth-order valence-electron chi connectivity index (χ4n) is 1.87. The molecule has 4 nitrogen and oxygen atoms in total. The lowest BCUT2D eigenvalue weighted by molar-refractivity contribution is -0.174. The molecule has 0 saturated carbocycles. The molecule has 1 rings (SSSR count). The van der Waals surface area contributed by atoms with Crippen LogP contribution in [0.15, 0.2) is 30.3 Å². The van der Waals surface area contributed by atoms with Gasteiger partial charge in [-0.05, 0) is 12.0 Å². The Kier molecular flexibility index (Phi) is 4.75. The predicted molar refractivity (Wildman–Crippen MR) is 65.1 cm³/mol. The lowest BCUT2D eigenvalue weighted by atomic mass is 9.78. The van der Waals surface area contributed by atoms with E-state index in [-0.39, 0.29) is 6.42 Å². The number of carbonyl (C=O) groups is 2. The van der Waals surface area contributed by atoms with Crippen LogP contribution in [0.3, 0.4) is 0 Å². The Balaban J connectivity index is 3.03. The Labute approximate surface area is 113 Å². The van der Waals surface area contributed by atoms with E-state index in [2.05, 4.69) is 0 Å². The third-order valence-electron chi connectivity index (χ3n) is 3.15. The zero-order valence-corrected chi connectivity index (χ0v) is 10.7. The number of amides is 1. The van der Waals surface area contributed by atoms with E-state index in [4.69, 9.17) is 0 Å². The molecule has 1 atom stereocenters. The van der Waals surface area contributed by atoms with Crippen molar-refractivity contribution in [2.45, 2.75) is 24.9 Å². The van der Waals surface area contributed by atoms with Crippen LogP contribution in [0.1, 0.15) is 18.9 Å². The second-order valence-electron chi connectivity index (χ2n) is 4.29. The molecule has 2 N–H and O–H groups in total. The number of halogens is 3. The highest BCUT2D eigenvalue weighted by molar-refractivity contribution is 5.85. The average Bonchev–Trinajstić information content (AvgIpc) is 2.39. The van der Waals surface area contributed by atoms with Crippen LogP contribution in [-0.4, -0.2) is 29.7 Å². The quantitative estimate of drug-likeness (QED) is 0.872. The van der Waals surface area contributed by atoms with E-state index in [0.29, 0.717) is 5.56 Å². The van der Waals surface area contributed by atoms with Crippen molar-refractivity contribution >= 4 is 11.9 Å².